The summed E-state index contributed by atoms with van der Waals surface area (Å²) in [7, 11) is 3.27. The van der Waals surface area contributed by atoms with Gasteiger partial charge in [-0.3, -0.25) is 4.79 Å². The number of amides is 1. The van der Waals surface area contributed by atoms with E-state index in [0.29, 0.717) is 0 Å². The Morgan fingerprint density at radius 3 is 2.38 bits per heavy atom. The van der Waals surface area contributed by atoms with E-state index in [0.717, 1.165) is 36.4 Å². The van der Waals surface area contributed by atoms with Gasteiger partial charge in [0.05, 0.1) is 20.8 Å². The molecule has 0 heterocycles. The highest BCUT2D eigenvalue weighted by Crippen LogP contribution is 2.28. The summed E-state index contributed by atoms with van der Waals surface area (Å²) in [6.45, 7) is -0.0104. The number of methoxy groups -OCH3 is 2. The number of nitrogens with two attached hydrogens (primary N) is 1. The molecule has 128 valence electrons. The third kappa shape index (κ3) is 4.99. The van der Waals surface area contributed by atoms with Crippen molar-refractivity contribution in [3.63, 3.8) is 0 Å². The number of nitrogens with one attached hydrogen (secondary N) is 1. The van der Waals surface area contributed by atoms with Crippen LogP contribution in [0.25, 0.3) is 0 Å². The van der Waals surface area contributed by atoms with E-state index in [2.05, 4.69) is 17.4 Å². The molecule has 0 saturated carbocycles. The molecular weight excluding hydrogens is 304 g/mol. The minimum Gasteiger partial charge on any atom is -0.493 e. The highest BCUT2D eigenvalue weighted by atomic mass is 16.5. The Morgan fingerprint density at radius 2 is 1.71 bits per heavy atom. The molecular formula is C19H24N2O3. The SMILES string of the molecule is COc1ccc(CCCc2cccc(NC(=O)CN)c2)cc1OC. The van der Waals surface area contributed by atoms with Gasteiger partial charge in [-0.1, -0.05) is 18.2 Å². The number of aryl methyl sites for hydroxylation is 2. The molecule has 5 nitrogen and oxygen atoms in total. The van der Waals surface area contributed by atoms with Crippen molar-refractivity contribution in [2.24, 2.45) is 5.73 Å². The van der Waals surface area contributed by atoms with E-state index in [1.807, 2.05) is 30.3 Å². The summed E-state index contributed by atoms with van der Waals surface area (Å²) in [4.78, 5) is 11.3. The Morgan fingerprint density at radius 1 is 1.00 bits per heavy atom. The predicted octanol–water partition coefficient (Wildman–Crippen LogP) is 2.78. The summed E-state index contributed by atoms with van der Waals surface area (Å²) in [5.74, 6) is 1.31. The van der Waals surface area contributed by atoms with Crippen LogP contribution >= 0.6 is 0 Å². The van der Waals surface area contributed by atoms with Crippen LogP contribution in [0.2, 0.25) is 0 Å². The van der Waals surface area contributed by atoms with E-state index in [1.54, 1.807) is 14.2 Å². The maximum absolute atomic E-state index is 11.3. The van der Waals surface area contributed by atoms with Gasteiger partial charge in [0, 0.05) is 5.69 Å². The van der Waals surface area contributed by atoms with Gasteiger partial charge in [-0.25, -0.2) is 0 Å². The number of benzene rings is 2. The Kier molecular flexibility index (Phi) is 6.63. The molecule has 1 amide bonds. The van der Waals surface area contributed by atoms with Crippen LogP contribution in [0, 0.1) is 0 Å². The third-order valence-corrected chi connectivity index (χ3v) is 3.77. The lowest BCUT2D eigenvalue weighted by Gasteiger charge is -2.10. The highest BCUT2D eigenvalue weighted by molar-refractivity contribution is 5.92. The molecule has 2 aromatic rings. The van der Waals surface area contributed by atoms with Crippen LogP contribution in [0.5, 0.6) is 11.5 Å². The summed E-state index contributed by atoms with van der Waals surface area (Å²) in [6.07, 6.45) is 2.88. The maximum Gasteiger partial charge on any atom is 0.238 e. The molecule has 24 heavy (non-hydrogen) atoms. The van der Waals surface area contributed by atoms with Gasteiger partial charge in [-0.2, -0.15) is 0 Å². The average molecular weight is 328 g/mol. The van der Waals surface area contributed by atoms with Crippen molar-refractivity contribution in [3.05, 3.63) is 53.6 Å². The van der Waals surface area contributed by atoms with E-state index < -0.39 is 0 Å². The Hall–Kier alpha value is -2.53. The lowest BCUT2D eigenvalue weighted by molar-refractivity contribution is -0.114. The lowest BCUT2D eigenvalue weighted by atomic mass is 10.0. The van der Waals surface area contributed by atoms with Gasteiger partial charge in [0.25, 0.3) is 0 Å². The first-order valence-electron chi connectivity index (χ1n) is 7.96. The molecule has 0 unspecified atom stereocenters. The number of carbonyl (C=O) groups excluding carboxylic acids is 1. The zero-order valence-corrected chi connectivity index (χ0v) is 14.2. The van der Waals surface area contributed by atoms with Crippen LogP contribution in [0.3, 0.4) is 0 Å². The molecule has 0 aliphatic heterocycles. The van der Waals surface area contributed by atoms with Crippen LogP contribution < -0.4 is 20.5 Å². The van der Waals surface area contributed by atoms with E-state index >= 15 is 0 Å². The summed E-state index contributed by atoms with van der Waals surface area (Å²) < 4.78 is 10.6. The standard InChI is InChI=1S/C19H24N2O3/c1-23-17-10-9-15(12-18(17)24-2)6-3-5-14-7-4-8-16(11-14)21-19(22)13-20/h4,7-12H,3,5-6,13,20H2,1-2H3,(H,21,22). The third-order valence-electron chi connectivity index (χ3n) is 3.77. The van der Waals surface area contributed by atoms with Crippen molar-refractivity contribution in [2.45, 2.75) is 19.3 Å². The molecule has 5 heteroatoms. The summed E-state index contributed by atoms with van der Waals surface area (Å²) in [6, 6.07) is 13.9. The van der Waals surface area contributed by atoms with Crippen LogP contribution in [-0.2, 0) is 17.6 Å². The van der Waals surface area contributed by atoms with Crippen LogP contribution in [0.1, 0.15) is 17.5 Å². The fraction of sp³-hybridized carbons (Fsp3) is 0.316. The molecule has 2 rings (SSSR count). The van der Waals surface area contributed by atoms with Gasteiger partial charge in [0.2, 0.25) is 5.91 Å². The number of hydrogen-bond acceptors (Lipinski definition) is 4. The molecule has 0 bridgehead atoms. The zero-order chi connectivity index (χ0) is 17.4. The van der Waals surface area contributed by atoms with Crippen LogP contribution in [0.4, 0.5) is 5.69 Å². The molecule has 2 aromatic carbocycles. The maximum atomic E-state index is 11.3. The van der Waals surface area contributed by atoms with Crippen molar-refractivity contribution < 1.29 is 14.3 Å². The predicted molar refractivity (Wildman–Crippen MR) is 95.7 cm³/mol. The fourth-order valence-corrected chi connectivity index (χ4v) is 2.55. The molecule has 0 aliphatic rings. The average Bonchev–Trinajstić information content (AvgIpc) is 2.61. The molecule has 0 spiro atoms. The van der Waals surface area contributed by atoms with Crippen LogP contribution in [-0.4, -0.2) is 26.7 Å². The first-order valence-corrected chi connectivity index (χ1v) is 7.96. The smallest absolute Gasteiger partial charge is 0.238 e. The van der Waals surface area contributed by atoms with E-state index in [1.165, 1.54) is 11.1 Å². The van der Waals surface area contributed by atoms with Gasteiger partial charge in [0.1, 0.15) is 0 Å². The van der Waals surface area contributed by atoms with Gasteiger partial charge >= 0.3 is 0 Å². The molecule has 0 atom stereocenters. The number of anilines is 1. The van der Waals surface area contributed by atoms with Gasteiger partial charge < -0.3 is 20.5 Å². The first kappa shape index (κ1) is 17.8. The molecule has 0 radical (unpaired) electrons. The fourth-order valence-electron chi connectivity index (χ4n) is 2.55. The summed E-state index contributed by atoms with van der Waals surface area (Å²) in [5.41, 5.74) is 8.50. The Balaban J connectivity index is 1.92. The van der Waals surface area contributed by atoms with Crippen molar-refractivity contribution >= 4 is 11.6 Å². The minimum absolute atomic E-state index is 0.0104. The zero-order valence-electron chi connectivity index (χ0n) is 14.2. The Labute approximate surface area is 142 Å². The van der Waals surface area contributed by atoms with Crippen LogP contribution in [0.15, 0.2) is 42.5 Å². The van der Waals surface area contributed by atoms with E-state index in [4.69, 9.17) is 15.2 Å². The van der Waals surface area contributed by atoms with Crippen molar-refractivity contribution in [2.75, 3.05) is 26.1 Å². The molecule has 3 N–H and O–H groups in total. The normalized spacial score (nSPS) is 10.3. The van der Waals surface area contributed by atoms with Gasteiger partial charge in [-0.15, -0.1) is 0 Å². The van der Waals surface area contributed by atoms with E-state index in [-0.39, 0.29) is 12.5 Å². The Bertz CT molecular complexity index is 686. The topological polar surface area (TPSA) is 73.6 Å². The number of rotatable bonds is 8. The van der Waals surface area contributed by atoms with E-state index in [9.17, 15) is 4.79 Å². The number of carbonyl (C=O) groups is 1. The summed E-state index contributed by atoms with van der Waals surface area (Å²) in [5, 5.41) is 2.77. The second kappa shape index (κ2) is 8.93. The monoisotopic (exact) mass is 328 g/mol. The number of hydrogen-bond donors (Lipinski definition) is 2. The highest BCUT2D eigenvalue weighted by Gasteiger charge is 2.05. The van der Waals surface area contributed by atoms with Gasteiger partial charge in [0.15, 0.2) is 11.5 Å². The molecule has 0 fully saturated rings. The van der Waals surface area contributed by atoms with Crippen molar-refractivity contribution in [3.8, 4) is 11.5 Å². The first-order chi connectivity index (χ1) is 11.7. The second-order valence-corrected chi connectivity index (χ2v) is 5.50. The second-order valence-electron chi connectivity index (χ2n) is 5.50. The number of ether oxygens (including phenoxy) is 2. The summed E-state index contributed by atoms with van der Waals surface area (Å²) >= 11 is 0. The minimum atomic E-state index is -0.183. The van der Waals surface area contributed by atoms with Crippen molar-refractivity contribution in [1.29, 1.82) is 0 Å². The van der Waals surface area contributed by atoms with Crippen molar-refractivity contribution in [1.82, 2.24) is 0 Å². The largest absolute Gasteiger partial charge is 0.493 e. The molecule has 0 aliphatic carbocycles. The quantitative estimate of drug-likeness (QED) is 0.781. The molecule has 0 saturated heterocycles. The molecule has 0 aromatic heterocycles. The lowest BCUT2D eigenvalue weighted by Crippen LogP contribution is -2.21. The van der Waals surface area contributed by atoms with Gasteiger partial charge in [-0.05, 0) is 54.7 Å².